The monoisotopic (exact) mass is 360 g/mol. The van der Waals surface area contributed by atoms with Crippen LogP contribution in [-0.4, -0.2) is 14.4 Å². The Balaban J connectivity index is 2.04. The zero-order valence-corrected chi connectivity index (χ0v) is 18.3. The van der Waals surface area contributed by atoms with Crippen molar-refractivity contribution in [3.05, 3.63) is 41.7 Å². The van der Waals surface area contributed by atoms with Crippen LogP contribution < -0.4 is 4.74 Å². The molecule has 25 heavy (non-hydrogen) atoms. The van der Waals surface area contributed by atoms with Crippen molar-refractivity contribution in [2.24, 2.45) is 5.92 Å². The number of rotatable bonds is 6. The Morgan fingerprint density at radius 1 is 1.12 bits per heavy atom. The molecule has 0 amide bonds. The molecule has 1 aromatic rings. The van der Waals surface area contributed by atoms with E-state index in [9.17, 15) is 0 Å². The average molecular weight is 361 g/mol. The van der Waals surface area contributed by atoms with Gasteiger partial charge in [-0.05, 0) is 54.2 Å². The highest BCUT2D eigenvalue weighted by Crippen LogP contribution is 2.41. The second-order valence-corrected chi connectivity index (χ2v) is 13.9. The Hall–Kier alpha value is -1.22. The van der Waals surface area contributed by atoms with Crippen LogP contribution in [0.15, 0.2) is 36.1 Å². The highest BCUT2D eigenvalue weighted by Gasteiger charge is 2.41. The van der Waals surface area contributed by atoms with E-state index >= 15 is 0 Å². The standard InChI is InChI=1S/C22H36O2Si/c1-9-17-14-20(24-25(7,8)22(4,5)6)15-21(17)23-19-12-10-18(11-13-19)16(2)3/h10-14,16-17,21H,9,15H2,1-8H3/t17-,21-/m1/s1. The summed E-state index contributed by atoms with van der Waals surface area (Å²) in [5, 5.41) is 0.223. The van der Waals surface area contributed by atoms with E-state index in [0.717, 1.165) is 24.4 Å². The van der Waals surface area contributed by atoms with Gasteiger partial charge >= 0.3 is 0 Å². The molecule has 0 unspecified atom stereocenters. The maximum atomic E-state index is 6.53. The van der Waals surface area contributed by atoms with Gasteiger partial charge in [0.05, 0.1) is 5.76 Å². The van der Waals surface area contributed by atoms with Crippen molar-refractivity contribution >= 4 is 8.32 Å². The molecule has 0 N–H and O–H groups in total. The minimum atomic E-state index is -1.78. The van der Waals surface area contributed by atoms with E-state index in [1.54, 1.807) is 0 Å². The van der Waals surface area contributed by atoms with Crippen LogP contribution in [0.25, 0.3) is 0 Å². The first-order valence-corrected chi connectivity index (χ1v) is 12.6. The van der Waals surface area contributed by atoms with E-state index in [1.807, 2.05) is 0 Å². The zero-order valence-electron chi connectivity index (χ0n) is 17.3. The summed E-state index contributed by atoms with van der Waals surface area (Å²) >= 11 is 0. The first-order chi connectivity index (χ1) is 11.5. The summed E-state index contributed by atoms with van der Waals surface area (Å²) in [5.74, 6) is 3.09. The highest BCUT2D eigenvalue weighted by atomic mass is 28.4. The van der Waals surface area contributed by atoms with Crippen molar-refractivity contribution in [2.75, 3.05) is 0 Å². The second kappa shape index (κ2) is 7.57. The third-order valence-corrected chi connectivity index (χ3v) is 10.2. The number of hydrogen-bond acceptors (Lipinski definition) is 2. The van der Waals surface area contributed by atoms with Crippen LogP contribution in [0.5, 0.6) is 5.75 Å². The van der Waals surface area contributed by atoms with E-state index in [-0.39, 0.29) is 11.1 Å². The third kappa shape index (κ3) is 4.90. The molecular weight excluding hydrogens is 324 g/mol. The van der Waals surface area contributed by atoms with Crippen LogP contribution in [0.3, 0.4) is 0 Å². The molecule has 0 aromatic heterocycles. The van der Waals surface area contributed by atoms with Crippen LogP contribution >= 0.6 is 0 Å². The molecular formula is C22H36O2Si. The maximum Gasteiger partial charge on any atom is 0.250 e. The molecule has 0 saturated carbocycles. The summed E-state index contributed by atoms with van der Waals surface area (Å²) in [6, 6.07) is 8.57. The van der Waals surface area contributed by atoms with Crippen molar-refractivity contribution in [3.8, 4) is 5.75 Å². The van der Waals surface area contributed by atoms with Crippen LogP contribution in [0.2, 0.25) is 18.1 Å². The largest absolute Gasteiger partial charge is 0.547 e. The Bertz CT molecular complexity index is 593. The first-order valence-electron chi connectivity index (χ1n) is 9.70. The van der Waals surface area contributed by atoms with E-state index in [2.05, 4.69) is 85.0 Å². The molecule has 1 aliphatic rings. The zero-order chi connectivity index (χ0) is 18.8. The topological polar surface area (TPSA) is 18.5 Å². The van der Waals surface area contributed by atoms with Crippen molar-refractivity contribution in [1.82, 2.24) is 0 Å². The molecule has 0 spiro atoms. The van der Waals surface area contributed by atoms with Gasteiger partial charge in [0.25, 0.3) is 0 Å². The molecule has 0 aliphatic heterocycles. The number of hydrogen-bond donors (Lipinski definition) is 0. The predicted molar refractivity (Wildman–Crippen MR) is 110 cm³/mol. The fourth-order valence-electron chi connectivity index (χ4n) is 2.94. The molecule has 0 saturated heterocycles. The average Bonchev–Trinajstić information content (AvgIpc) is 2.87. The molecule has 0 bridgehead atoms. The van der Waals surface area contributed by atoms with Gasteiger partial charge in [0.15, 0.2) is 0 Å². The smallest absolute Gasteiger partial charge is 0.250 e. The Morgan fingerprint density at radius 2 is 1.72 bits per heavy atom. The van der Waals surface area contributed by atoms with Gasteiger partial charge in [0.1, 0.15) is 11.9 Å². The normalized spacial score (nSPS) is 21.4. The quantitative estimate of drug-likeness (QED) is 0.514. The highest BCUT2D eigenvalue weighted by molar-refractivity contribution is 6.74. The molecule has 0 fully saturated rings. The summed E-state index contributed by atoms with van der Waals surface area (Å²) in [6.07, 6.45) is 4.47. The van der Waals surface area contributed by atoms with E-state index in [0.29, 0.717) is 11.8 Å². The molecule has 2 rings (SSSR count). The third-order valence-electron chi connectivity index (χ3n) is 5.78. The molecule has 0 radical (unpaired) electrons. The Labute approximate surface area is 155 Å². The SMILES string of the molecule is CC[C@@H]1C=C(O[Si](C)(C)C(C)(C)C)C[C@H]1Oc1ccc(C(C)C)cc1. The molecule has 1 aliphatic carbocycles. The van der Waals surface area contributed by atoms with Gasteiger partial charge in [0.2, 0.25) is 8.32 Å². The summed E-state index contributed by atoms with van der Waals surface area (Å²) in [4.78, 5) is 0. The molecule has 3 heteroatoms. The molecule has 2 atom stereocenters. The molecule has 1 aromatic carbocycles. The maximum absolute atomic E-state index is 6.53. The van der Waals surface area contributed by atoms with Gasteiger partial charge < -0.3 is 9.16 Å². The molecule has 140 valence electrons. The van der Waals surface area contributed by atoms with E-state index in [4.69, 9.17) is 9.16 Å². The van der Waals surface area contributed by atoms with Gasteiger partial charge in [-0.3, -0.25) is 0 Å². The van der Waals surface area contributed by atoms with Crippen LogP contribution in [0.1, 0.15) is 65.9 Å². The van der Waals surface area contributed by atoms with Crippen molar-refractivity contribution in [2.45, 2.75) is 84.5 Å². The van der Waals surface area contributed by atoms with Crippen molar-refractivity contribution in [1.29, 1.82) is 0 Å². The lowest BCUT2D eigenvalue weighted by atomic mass is 10.0. The fraction of sp³-hybridized carbons (Fsp3) is 0.636. The number of ether oxygens (including phenoxy) is 1. The lowest BCUT2D eigenvalue weighted by Crippen LogP contribution is -2.40. The fourth-order valence-corrected chi connectivity index (χ4v) is 4.05. The van der Waals surface area contributed by atoms with Crippen LogP contribution in [0.4, 0.5) is 0 Å². The summed E-state index contributed by atoms with van der Waals surface area (Å²) in [6.45, 7) is 18.2. The van der Waals surface area contributed by atoms with Crippen LogP contribution in [0, 0.1) is 5.92 Å². The predicted octanol–water partition coefficient (Wildman–Crippen LogP) is 6.89. The first kappa shape index (κ1) is 20.1. The molecule has 2 nitrogen and oxygen atoms in total. The minimum Gasteiger partial charge on any atom is -0.547 e. The minimum absolute atomic E-state index is 0.190. The second-order valence-electron chi connectivity index (χ2n) is 9.15. The van der Waals surface area contributed by atoms with Crippen LogP contribution in [-0.2, 0) is 4.43 Å². The Morgan fingerprint density at radius 3 is 2.20 bits per heavy atom. The molecule has 0 heterocycles. The Kier molecular flexibility index (Phi) is 6.08. The number of benzene rings is 1. The van der Waals surface area contributed by atoms with E-state index < -0.39 is 8.32 Å². The summed E-state index contributed by atoms with van der Waals surface area (Å²) < 4.78 is 12.9. The van der Waals surface area contributed by atoms with Gasteiger partial charge in [-0.2, -0.15) is 0 Å². The van der Waals surface area contributed by atoms with Gasteiger partial charge in [-0.25, -0.2) is 0 Å². The van der Waals surface area contributed by atoms with Crippen molar-refractivity contribution < 1.29 is 9.16 Å². The lowest BCUT2D eigenvalue weighted by molar-refractivity contribution is 0.159. The van der Waals surface area contributed by atoms with Gasteiger partial charge in [0, 0.05) is 12.3 Å². The summed E-state index contributed by atoms with van der Waals surface area (Å²) in [5.41, 5.74) is 1.35. The van der Waals surface area contributed by atoms with Gasteiger partial charge in [-0.15, -0.1) is 0 Å². The lowest BCUT2D eigenvalue weighted by Gasteiger charge is -2.37. The van der Waals surface area contributed by atoms with Gasteiger partial charge in [-0.1, -0.05) is 53.7 Å². The van der Waals surface area contributed by atoms with E-state index in [1.165, 1.54) is 5.56 Å². The summed E-state index contributed by atoms with van der Waals surface area (Å²) in [7, 11) is -1.78. The van der Waals surface area contributed by atoms with Crippen molar-refractivity contribution in [3.63, 3.8) is 0 Å².